The number of rotatable bonds is 4. The molecule has 110 valence electrons. The van der Waals surface area contributed by atoms with Gasteiger partial charge in [0.1, 0.15) is 5.75 Å². The zero-order chi connectivity index (χ0) is 14.5. The van der Waals surface area contributed by atoms with Gasteiger partial charge in [-0.25, -0.2) is 0 Å². The zero-order valence-electron chi connectivity index (χ0n) is 12.2. The quantitative estimate of drug-likeness (QED) is 0.840. The Bertz CT molecular complexity index is 464. The highest BCUT2D eigenvalue weighted by Crippen LogP contribution is 2.15. The summed E-state index contributed by atoms with van der Waals surface area (Å²) in [4.78, 5) is 16.4. The number of ether oxygens (including phenoxy) is 1. The van der Waals surface area contributed by atoms with Crippen molar-refractivity contribution < 1.29 is 9.53 Å². The van der Waals surface area contributed by atoms with Crippen LogP contribution < -0.4 is 10.5 Å². The number of nitrogen functional groups attached to an aromatic ring is 1. The lowest BCUT2D eigenvalue weighted by atomic mass is 10.2. The van der Waals surface area contributed by atoms with Crippen molar-refractivity contribution in [2.45, 2.75) is 19.9 Å². The number of nitrogens with zero attached hydrogens (tertiary/aromatic N) is 2. The molecule has 1 aliphatic heterocycles. The van der Waals surface area contributed by atoms with Crippen molar-refractivity contribution in [2.24, 2.45) is 0 Å². The maximum absolute atomic E-state index is 12.1. The molecule has 20 heavy (non-hydrogen) atoms. The van der Waals surface area contributed by atoms with Crippen LogP contribution in [0.25, 0.3) is 0 Å². The lowest BCUT2D eigenvalue weighted by Crippen LogP contribution is -2.54. The van der Waals surface area contributed by atoms with Crippen LogP contribution in [0.15, 0.2) is 24.3 Å². The molecule has 1 unspecified atom stereocenters. The van der Waals surface area contributed by atoms with Crippen LogP contribution in [0.2, 0.25) is 0 Å². The predicted octanol–water partition coefficient (Wildman–Crippen LogP) is 1.20. The number of anilines is 1. The predicted molar refractivity (Wildman–Crippen MR) is 79.6 cm³/mol. The van der Waals surface area contributed by atoms with Crippen LogP contribution in [0.3, 0.4) is 0 Å². The Morgan fingerprint density at radius 1 is 1.45 bits per heavy atom. The summed E-state index contributed by atoms with van der Waals surface area (Å²) in [6, 6.07) is 7.55. The van der Waals surface area contributed by atoms with Gasteiger partial charge in [0.05, 0.1) is 0 Å². The van der Waals surface area contributed by atoms with Gasteiger partial charge in [0.2, 0.25) is 0 Å². The molecule has 0 bridgehead atoms. The molecule has 0 aliphatic carbocycles. The number of likely N-dealkylation sites (N-methyl/N-ethyl adjacent to an activating group) is 1. The van der Waals surface area contributed by atoms with E-state index in [4.69, 9.17) is 10.5 Å². The van der Waals surface area contributed by atoms with Gasteiger partial charge in [0.15, 0.2) is 6.61 Å². The number of amides is 1. The van der Waals surface area contributed by atoms with Crippen LogP contribution in [0.4, 0.5) is 5.69 Å². The van der Waals surface area contributed by atoms with Gasteiger partial charge in [-0.2, -0.15) is 0 Å². The highest BCUT2D eigenvalue weighted by atomic mass is 16.5. The van der Waals surface area contributed by atoms with Gasteiger partial charge in [0.25, 0.3) is 5.91 Å². The third-order valence-corrected chi connectivity index (χ3v) is 3.74. The molecule has 1 heterocycles. The molecule has 1 atom stereocenters. The van der Waals surface area contributed by atoms with E-state index in [0.29, 0.717) is 17.5 Å². The van der Waals surface area contributed by atoms with Crippen LogP contribution in [0.1, 0.15) is 13.8 Å². The molecular formula is C15H23N3O2. The second kappa shape index (κ2) is 6.61. The highest BCUT2D eigenvalue weighted by molar-refractivity contribution is 5.78. The summed E-state index contributed by atoms with van der Waals surface area (Å²) in [5, 5.41) is 0. The molecule has 1 amide bonds. The summed E-state index contributed by atoms with van der Waals surface area (Å²) in [6.07, 6.45) is 0. The summed E-state index contributed by atoms with van der Waals surface area (Å²) in [5.41, 5.74) is 6.31. The molecule has 1 aromatic carbocycles. The van der Waals surface area contributed by atoms with Crippen molar-refractivity contribution in [3.05, 3.63) is 24.3 Å². The van der Waals surface area contributed by atoms with Gasteiger partial charge < -0.3 is 15.4 Å². The van der Waals surface area contributed by atoms with Crippen LogP contribution in [0, 0.1) is 0 Å². The Hall–Kier alpha value is -1.75. The Labute approximate surface area is 120 Å². The molecule has 0 saturated carbocycles. The molecule has 1 aliphatic rings. The molecule has 2 N–H and O–H groups in total. The number of carbonyl (C=O) groups is 1. The second-order valence-corrected chi connectivity index (χ2v) is 5.18. The van der Waals surface area contributed by atoms with Crippen molar-refractivity contribution in [3.63, 3.8) is 0 Å². The van der Waals surface area contributed by atoms with E-state index < -0.39 is 0 Å². The topological polar surface area (TPSA) is 58.8 Å². The minimum absolute atomic E-state index is 0.0371. The van der Waals surface area contributed by atoms with E-state index in [1.807, 2.05) is 11.0 Å². The Morgan fingerprint density at radius 2 is 2.25 bits per heavy atom. The normalized spacial score (nSPS) is 19.9. The fraction of sp³-hybridized carbons (Fsp3) is 0.533. The Morgan fingerprint density at radius 3 is 2.90 bits per heavy atom. The molecule has 5 heteroatoms. The molecular weight excluding hydrogens is 254 g/mol. The molecule has 2 rings (SSSR count). The van der Waals surface area contributed by atoms with E-state index in [1.54, 1.807) is 18.2 Å². The Balaban J connectivity index is 1.83. The summed E-state index contributed by atoms with van der Waals surface area (Å²) in [6.45, 7) is 7.88. The van der Waals surface area contributed by atoms with Gasteiger partial charge in [0, 0.05) is 37.4 Å². The average Bonchev–Trinajstić information content (AvgIpc) is 2.44. The number of piperazine rings is 1. The van der Waals surface area contributed by atoms with E-state index in [2.05, 4.69) is 18.7 Å². The SMILES string of the molecule is CCN1CCN(C(=O)COc2cccc(N)c2)CC1C. The monoisotopic (exact) mass is 277 g/mol. The molecule has 1 fully saturated rings. The average molecular weight is 277 g/mol. The second-order valence-electron chi connectivity index (χ2n) is 5.18. The summed E-state index contributed by atoms with van der Waals surface area (Å²) in [5.74, 6) is 0.675. The summed E-state index contributed by atoms with van der Waals surface area (Å²) >= 11 is 0. The summed E-state index contributed by atoms with van der Waals surface area (Å²) < 4.78 is 5.51. The lowest BCUT2D eigenvalue weighted by Gasteiger charge is -2.39. The third-order valence-electron chi connectivity index (χ3n) is 3.74. The van der Waals surface area contributed by atoms with Crippen molar-refractivity contribution in [1.82, 2.24) is 9.80 Å². The molecule has 0 radical (unpaired) electrons. The van der Waals surface area contributed by atoms with Crippen LogP contribution >= 0.6 is 0 Å². The number of benzene rings is 1. The highest BCUT2D eigenvalue weighted by Gasteiger charge is 2.25. The smallest absolute Gasteiger partial charge is 0.260 e. The zero-order valence-corrected chi connectivity index (χ0v) is 12.2. The van der Waals surface area contributed by atoms with Gasteiger partial charge in [-0.15, -0.1) is 0 Å². The van der Waals surface area contributed by atoms with E-state index in [1.165, 1.54) is 0 Å². The van der Waals surface area contributed by atoms with E-state index >= 15 is 0 Å². The van der Waals surface area contributed by atoms with Crippen LogP contribution in [-0.2, 0) is 4.79 Å². The first-order valence-electron chi connectivity index (χ1n) is 7.10. The van der Waals surface area contributed by atoms with E-state index in [-0.39, 0.29) is 12.5 Å². The number of hydrogen-bond acceptors (Lipinski definition) is 4. The van der Waals surface area contributed by atoms with E-state index in [0.717, 1.165) is 26.2 Å². The minimum atomic E-state index is 0.0371. The Kier molecular flexibility index (Phi) is 4.84. The first-order valence-corrected chi connectivity index (χ1v) is 7.10. The van der Waals surface area contributed by atoms with Crippen LogP contribution in [0.5, 0.6) is 5.75 Å². The van der Waals surface area contributed by atoms with Crippen molar-refractivity contribution in [3.8, 4) is 5.75 Å². The first-order chi connectivity index (χ1) is 9.60. The number of hydrogen-bond donors (Lipinski definition) is 1. The largest absolute Gasteiger partial charge is 0.484 e. The fourth-order valence-electron chi connectivity index (χ4n) is 2.53. The molecule has 5 nitrogen and oxygen atoms in total. The maximum Gasteiger partial charge on any atom is 0.260 e. The van der Waals surface area contributed by atoms with Crippen LogP contribution in [-0.4, -0.2) is 54.5 Å². The third kappa shape index (κ3) is 3.63. The van der Waals surface area contributed by atoms with E-state index in [9.17, 15) is 4.79 Å². The molecule has 1 saturated heterocycles. The van der Waals surface area contributed by atoms with Gasteiger partial charge >= 0.3 is 0 Å². The standard InChI is InChI=1S/C15H23N3O2/c1-3-17-7-8-18(10-12(17)2)15(19)11-20-14-6-4-5-13(16)9-14/h4-6,9,12H,3,7-8,10-11,16H2,1-2H3. The number of nitrogens with two attached hydrogens (primary N) is 1. The molecule has 0 aromatic heterocycles. The van der Waals surface area contributed by atoms with Crippen molar-refractivity contribution in [1.29, 1.82) is 0 Å². The number of carbonyl (C=O) groups excluding carboxylic acids is 1. The van der Waals surface area contributed by atoms with Crippen molar-refractivity contribution in [2.75, 3.05) is 38.5 Å². The maximum atomic E-state index is 12.1. The lowest BCUT2D eigenvalue weighted by molar-refractivity contribution is -0.136. The van der Waals surface area contributed by atoms with Crippen molar-refractivity contribution >= 4 is 11.6 Å². The molecule has 1 aromatic rings. The summed E-state index contributed by atoms with van der Waals surface area (Å²) in [7, 11) is 0. The minimum Gasteiger partial charge on any atom is -0.484 e. The molecule has 0 spiro atoms. The fourth-order valence-corrected chi connectivity index (χ4v) is 2.53. The first kappa shape index (κ1) is 14.7. The van der Waals surface area contributed by atoms with Gasteiger partial charge in [-0.05, 0) is 25.6 Å². The van der Waals surface area contributed by atoms with Gasteiger partial charge in [-0.3, -0.25) is 9.69 Å². The van der Waals surface area contributed by atoms with Gasteiger partial charge in [-0.1, -0.05) is 13.0 Å².